The number of hydrogen-bond donors (Lipinski definition) is 0. The van der Waals surface area contributed by atoms with Crippen molar-refractivity contribution in [3.8, 4) is 0 Å². The van der Waals surface area contributed by atoms with Gasteiger partial charge in [-0.05, 0) is 111 Å². The van der Waals surface area contributed by atoms with Crippen molar-refractivity contribution in [3.63, 3.8) is 0 Å². The van der Waals surface area contributed by atoms with Crippen molar-refractivity contribution in [1.82, 2.24) is 0 Å². The number of nitrogens with zero attached hydrogens (tertiary/aromatic N) is 3. The molecule has 7 heteroatoms. The summed E-state index contributed by atoms with van der Waals surface area (Å²) in [5.41, 5.74) is 8.51. The van der Waals surface area contributed by atoms with Crippen molar-refractivity contribution in [2.75, 3.05) is 27.8 Å². The van der Waals surface area contributed by atoms with Crippen molar-refractivity contribution < 1.29 is 0 Å². The number of benzene rings is 4. The largest absolute Gasteiger partial charge is 0.335 e. The Balaban J connectivity index is 1.30. The van der Waals surface area contributed by atoms with Crippen molar-refractivity contribution in [2.24, 2.45) is 0 Å². The second-order valence-electron chi connectivity index (χ2n) is 11.4. The molecular formula is C40H35Cl2N3S2. The molecule has 3 aliphatic rings. The SMILES string of the molecule is CCN1C(=CC=CC2=C(N(c3ccccc3)c3ccccc3)C(=CC=C3Sc4ccc(Cl)cc4N3CC)CC2)Sc2ccc(Cl)cc21. The van der Waals surface area contributed by atoms with Crippen LogP contribution in [0.3, 0.4) is 0 Å². The predicted octanol–water partition coefficient (Wildman–Crippen LogP) is 12.6. The Bertz CT molecular complexity index is 1910. The van der Waals surface area contributed by atoms with Crippen LogP contribution in [0.25, 0.3) is 0 Å². The van der Waals surface area contributed by atoms with Crippen LogP contribution in [0.4, 0.5) is 22.7 Å². The molecule has 0 saturated carbocycles. The number of rotatable bonds is 8. The van der Waals surface area contributed by atoms with E-state index in [2.05, 4.69) is 144 Å². The van der Waals surface area contributed by atoms with Crippen LogP contribution in [0.1, 0.15) is 26.7 Å². The predicted molar refractivity (Wildman–Crippen MR) is 205 cm³/mol. The van der Waals surface area contributed by atoms with Gasteiger partial charge in [-0.15, -0.1) is 0 Å². The molecule has 3 nitrogen and oxygen atoms in total. The number of hydrogen-bond acceptors (Lipinski definition) is 5. The van der Waals surface area contributed by atoms with E-state index >= 15 is 0 Å². The monoisotopic (exact) mass is 691 g/mol. The average Bonchev–Trinajstić information content (AvgIpc) is 3.77. The fourth-order valence-electron chi connectivity index (χ4n) is 6.35. The second kappa shape index (κ2) is 14.2. The molecule has 0 amide bonds. The minimum atomic E-state index is 0.766. The molecule has 0 unspecified atom stereocenters. The molecule has 7 rings (SSSR count). The highest BCUT2D eigenvalue weighted by Crippen LogP contribution is 2.49. The minimum absolute atomic E-state index is 0.766. The Morgan fingerprint density at radius 2 is 1.19 bits per heavy atom. The van der Waals surface area contributed by atoms with Crippen molar-refractivity contribution in [3.05, 3.63) is 164 Å². The van der Waals surface area contributed by atoms with Crippen LogP contribution in [0, 0.1) is 0 Å². The molecule has 0 fully saturated rings. The van der Waals surface area contributed by atoms with Crippen LogP contribution in [0.2, 0.25) is 10.0 Å². The van der Waals surface area contributed by atoms with Crippen LogP contribution in [-0.2, 0) is 0 Å². The van der Waals surface area contributed by atoms with Gasteiger partial charge in [0.15, 0.2) is 0 Å². The number of halogens is 2. The maximum absolute atomic E-state index is 6.39. The molecule has 0 atom stereocenters. The average molecular weight is 693 g/mol. The van der Waals surface area contributed by atoms with Crippen molar-refractivity contribution in [2.45, 2.75) is 36.5 Å². The smallest absolute Gasteiger partial charge is 0.0801 e. The Labute approximate surface area is 296 Å². The highest BCUT2D eigenvalue weighted by Gasteiger charge is 2.28. The molecule has 0 saturated heterocycles. The minimum Gasteiger partial charge on any atom is -0.335 e. The van der Waals surface area contributed by atoms with Crippen LogP contribution < -0.4 is 14.7 Å². The molecule has 0 bridgehead atoms. The zero-order chi connectivity index (χ0) is 32.3. The first kappa shape index (κ1) is 31.8. The molecule has 2 heterocycles. The van der Waals surface area contributed by atoms with E-state index in [4.69, 9.17) is 23.2 Å². The van der Waals surface area contributed by atoms with Crippen LogP contribution in [0.15, 0.2) is 164 Å². The molecule has 0 aromatic heterocycles. The van der Waals surface area contributed by atoms with E-state index in [9.17, 15) is 0 Å². The van der Waals surface area contributed by atoms with Gasteiger partial charge in [0, 0.05) is 44.3 Å². The quantitative estimate of drug-likeness (QED) is 0.181. The lowest BCUT2D eigenvalue weighted by atomic mass is 10.1. The lowest BCUT2D eigenvalue weighted by Crippen LogP contribution is -2.18. The number of para-hydroxylation sites is 2. The van der Waals surface area contributed by atoms with Gasteiger partial charge < -0.3 is 14.7 Å². The number of anilines is 4. The molecule has 47 heavy (non-hydrogen) atoms. The van der Waals surface area contributed by atoms with E-state index < -0.39 is 0 Å². The third-order valence-corrected chi connectivity index (χ3v) is 11.2. The van der Waals surface area contributed by atoms with Gasteiger partial charge in [0.1, 0.15) is 0 Å². The van der Waals surface area contributed by atoms with Crippen LogP contribution in [-0.4, -0.2) is 13.1 Å². The third kappa shape index (κ3) is 6.55. The lowest BCUT2D eigenvalue weighted by molar-refractivity contribution is 1.000. The summed E-state index contributed by atoms with van der Waals surface area (Å²) < 4.78 is 0. The van der Waals surface area contributed by atoms with Gasteiger partial charge in [-0.25, -0.2) is 0 Å². The summed E-state index contributed by atoms with van der Waals surface area (Å²) in [5.74, 6) is 0. The summed E-state index contributed by atoms with van der Waals surface area (Å²) in [5, 5.41) is 3.96. The van der Waals surface area contributed by atoms with Crippen molar-refractivity contribution in [1.29, 1.82) is 0 Å². The summed E-state index contributed by atoms with van der Waals surface area (Å²) in [6.45, 7) is 6.14. The van der Waals surface area contributed by atoms with E-state index in [1.165, 1.54) is 48.1 Å². The molecule has 0 radical (unpaired) electrons. The molecule has 236 valence electrons. The van der Waals surface area contributed by atoms with Crippen molar-refractivity contribution >= 4 is 69.5 Å². The first-order valence-electron chi connectivity index (χ1n) is 16.0. The maximum Gasteiger partial charge on any atom is 0.0801 e. The number of allylic oxidation sites excluding steroid dienone is 7. The zero-order valence-corrected chi connectivity index (χ0v) is 29.5. The zero-order valence-electron chi connectivity index (χ0n) is 26.4. The topological polar surface area (TPSA) is 9.72 Å². The summed E-state index contributed by atoms with van der Waals surface area (Å²) in [7, 11) is 0. The molecule has 4 aromatic carbocycles. The molecule has 2 aliphatic heterocycles. The molecule has 0 N–H and O–H groups in total. The molecule has 1 aliphatic carbocycles. The van der Waals surface area contributed by atoms with Gasteiger partial charge in [-0.1, -0.05) is 101 Å². The Morgan fingerprint density at radius 1 is 0.660 bits per heavy atom. The lowest BCUT2D eigenvalue weighted by Gasteiger charge is -2.28. The summed E-state index contributed by atoms with van der Waals surface area (Å²) >= 11 is 16.4. The highest BCUT2D eigenvalue weighted by molar-refractivity contribution is 8.04. The standard InChI is InChI=1S/C40H35Cl2N3S2/c1-3-43-34-26-30(41)21-23-36(34)46-38(43)17-11-12-28-18-19-29(20-25-39-44(4-2)35-27-31(42)22-24-37(35)47-39)40(28)45(32-13-7-5-8-14-32)33-15-9-6-10-16-33/h5-17,20-27H,3-4,18-19H2,1-2H3. The first-order valence-corrected chi connectivity index (χ1v) is 18.4. The van der Waals surface area contributed by atoms with Crippen LogP contribution >= 0.6 is 46.7 Å². The first-order chi connectivity index (χ1) is 23.0. The van der Waals surface area contributed by atoms with E-state index in [1.54, 1.807) is 11.8 Å². The maximum atomic E-state index is 6.39. The van der Waals surface area contributed by atoms with Gasteiger partial charge in [0.25, 0.3) is 0 Å². The number of thioether (sulfide) groups is 2. The van der Waals surface area contributed by atoms with E-state index in [0.29, 0.717) is 0 Å². The normalized spacial score (nSPS) is 18.3. The molecule has 4 aromatic rings. The summed E-state index contributed by atoms with van der Waals surface area (Å²) in [4.78, 5) is 9.58. The van der Waals surface area contributed by atoms with Crippen LogP contribution in [0.5, 0.6) is 0 Å². The summed E-state index contributed by atoms with van der Waals surface area (Å²) in [6.07, 6.45) is 13.3. The van der Waals surface area contributed by atoms with E-state index in [1.807, 2.05) is 23.9 Å². The van der Waals surface area contributed by atoms with Gasteiger partial charge in [0.2, 0.25) is 0 Å². The third-order valence-electron chi connectivity index (χ3n) is 8.50. The fraction of sp³-hybridized carbons (Fsp3) is 0.150. The second-order valence-corrected chi connectivity index (χ2v) is 14.4. The van der Waals surface area contributed by atoms with E-state index in [-0.39, 0.29) is 0 Å². The molecular weight excluding hydrogens is 658 g/mol. The number of fused-ring (bicyclic) bond motifs is 2. The molecule has 0 spiro atoms. The Morgan fingerprint density at radius 3 is 1.72 bits per heavy atom. The van der Waals surface area contributed by atoms with E-state index in [0.717, 1.165) is 47.4 Å². The van der Waals surface area contributed by atoms with Gasteiger partial charge >= 0.3 is 0 Å². The van der Waals surface area contributed by atoms with Gasteiger partial charge in [0.05, 0.1) is 27.1 Å². The fourth-order valence-corrected chi connectivity index (χ4v) is 8.91. The summed E-state index contributed by atoms with van der Waals surface area (Å²) in [6, 6.07) is 33.7. The highest BCUT2D eigenvalue weighted by atomic mass is 35.5. The van der Waals surface area contributed by atoms with Gasteiger partial charge in [-0.3, -0.25) is 0 Å². The Kier molecular flexibility index (Phi) is 9.60. The van der Waals surface area contributed by atoms with Gasteiger partial charge in [-0.2, -0.15) is 0 Å². The Hall–Kier alpha value is -3.74.